The molecule has 1 aromatic carbocycles. The highest BCUT2D eigenvalue weighted by Gasteiger charge is 2.37. The van der Waals surface area contributed by atoms with Gasteiger partial charge in [-0.3, -0.25) is 19.8 Å². The molecule has 0 aliphatic carbocycles. The van der Waals surface area contributed by atoms with Crippen LogP contribution in [0.4, 0.5) is 11.5 Å². The van der Waals surface area contributed by atoms with E-state index in [1.807, 2.05) is 6.92 Å². The Balaban J connectivity index is 1.98. The van der Waals surface area contributed by atoms with Crippen LogP contribution in [0.25, 0.3) is 0 Å². The zero-order valence-electron chi connectivity index (χ0n) is 12.9. The number of nitrogens with one attached hydrogen (secondary N) is 1. The van der Waals surface area contributed by atoms with Crippen molar-refractivity contribution in [3.63, 3.8) is 0 Å². The molecule has 1 aliphatic rings. The topological polar surface area (TPSA) is 92.1 Å². The molecule has 1 saturated heterocycles. The molecule has 1 aliphatic heterocycles. The van der Waals surface area contributed by atoms with Gasteiger partial charge >= 0.3 is 0 Å². The zero-order valence-corrected chi connectivity index (χ0v) is 14.4. The number of imidazole rings is 1. The summed E-state index contributed by atoms with van der Waals surface area (Å²) in [7, 11) is 0. The smallest absolute Gasteiger partial charge is 0.269 e. The summed E-state index contributed by atoms with van der Waals surface area (Å²) in [5, 5.41) is 10.9. The highest BCUT2D eigenvalue weighted by molar-refractivity contribution is 8.00. The number of hydrogen-bond donors (Lipinski definition) is 1. The minimum atomic E-state index is -0.448. The molecule has 1 N–H and O–H groups in total. The number of nitro groups is 1. The summed E-state index contributed by atoms with van der Waals surface area (Å²) < 4.78 is 0. The molecule has 1 atom stereocenters. The van der Waals surface area contributed by atoms with Gasteiger partial charge in [0, 0.05) is 18.6 Å². The molecule has 2 aromatic rings. The van der Waals surface area contributed by atoms with E-state index in [9.17, 15) is 14.9 Å². The molecule has 9 heteroatoms. The van der Waals surface area contributed by atoms with Gasteiger partial charge in [0.1, 0.15) is 11.2 Å². The molecule has 24 heavy (non-hydrogen) atoms. The summed E-state index contributed by atoms with van der Waals surface area (Å²) in [6.45, 7) is 2.03. The first kappa shape index (κ1) is 16.8. The van der Waals surface area contributed by atoms with Crippen LogP contribution in [-0.4, -0.2) is 26.6 Å². The minimum absolute atomic E-state index is 0.00723. The van der Waals surface area contributed by atoms with Gasteiger partial charge < -0.3 is 4.98 Å². The van der Waals surface area contributed by atoms with Crippen molar-refractivity contribution in [2.75, 3.05) is 10.7 Å². The standard InChI is InChI=1S/C15H15ClN4O3S/c1-2-4-11-17-13(16)14(18-11)19-12(21)8-24-15(19)9-5-3-6-10(7-9)20(22)23/h3,5-7,15H,2,4,8H2,1H3,(H,17,18). The van der Waals surface area contributed by atoms with Gasteiger partial charge in [-0.1, -0.05) is 30.7 Å². The summed E-state index contributed by atoms with van der Waals surface area (Å²) in [4.78, 5) is 31.8. The van der Waals surface area contributed by atoms with Crippen LogP contribution in [0.3, 0.4) is 0 Å². The number of hydrogen-bond acceptors (Lipinski definition) is 5. The molecule has 0 saturated carbocycles. The number of carbonyl (C=O) groups excluding carboxylic acids is 1. The number of aromatic amines is 1. The number of aromatic nitrogens is 2. The summed E-state index contributed by atoms with van der Waals surface area (Å²) >= 11 is 7.63. The predicted octanol–water partition coefficient (Wildman–Crippen LogP) is 3.70. The van der Waals surface area contributed by atoms with Crippen LogP contribution in [0.5, 0.6) is 0 Å². The summed E-state index contributed by atoms with van der Waals surface area (Å²) in [5.74, 6) is 1.26. The van der Waals surface area contributed by atoms with Crippen molar-refractivity contribution < 1.29 is 9.72 Å². The normalized spacial score (nSPS) is 17.5. The lowest BCUT2D eigenvalue weighted by atomic mass is 10.2. The maximum atomic E-state index is 12.4. The Labute approximate surface area is 147 Å². The Morgan fingerprint density at radius 2 is 2.33 bits per heavy atom. The fourth-order valence-corrected chi connectivity index (χ4v) is 3.98. The van der Waals surface area contributed by atoms with Crippen LogP contribution in [0.2, 0.25) is 5.15 Å². The number of nitrogens with zero attached hydrogens (tertiary/aromatic N) is 3. The molecular formula is C15H15ClN4O3S. The number of halogens is 1. The highest BCUT2D eigenvalue weighted by atomic mass is 35.5. The first-order valence-corrected chi connectivity index (χ1v) is 8.86. The molecule has 1 unspecified atom stereocenters. The Morgan fingerprint density at radius 3 is 3.04 bits per heavy atom. The third kappa shape index (κ3) is 3.11. The monoisotopic (exact) mass is 366 g/mol. The number of thioether (sulfide) groups is 1. The largest absolute Gasteiger partial charge is 0.331 e. The fourth-order valence-electron chi connectivity index (χ4n) is 2.59. The molecule has 3 rings (SSSR count). The number of aryl methyl sites for hydroxylation is 1. The average Bonchev–Trinajstić information content (AvgIpc) is 3.10. The SMILES string of the molecule is CCCc1nc(N2C(=O)CSC2c2cccc([N+](=O)[O-])c2)c(Cl)[nH]1. The number of anilines is 1. The first-order chi connectivity index (χ1) is 11.5. The van der Waals surface area contributed by atoms with E-state index in [1.165, 1.54) is 28.8 Å². The van der Waals surface area contributed by atoms with Gasteiger partial charge in [-0.05, 0) is 12.0 Å². The summed E-state index contributed by atoms with van der Waals surface area (Å²) in [6.07, 6.45) is 1.64. The van der Waals surface area contributed by atoms with Gasteiger partial charge in [0.05, 0.1) is 10.7 Å². The van der Waals surface area contributed by atoms with Crippen molar-refractivity contribution in [1.82, 2.24) is 9.97 Å². The number of benzene rings is 1. The van der Waals surface area contributed by atoms with Crippen LogP contribution < -0.4 is 4.90 Å². The van der Waals surface area contributed by atoms with Gasteiger partial charge in [-0.2, -0.15) is 0 Å². The van der Waals surface area contributed by atoms with Crippen molar-refractivity contribution in [3.05, 3.63) is 50.9 Å². The second kappa shape index (κ2) is 6.82. The van der Waals surface area contributed by atoms with Crippen molar-refractivity contribution in [1.29, 1.82) is 0 Å². The van der Waals surface area contributed by atoms with E-state index in [-0.39, 0.29) is 22.7 Å². The van der Waals surface area contributed by atoms with Crippen LogP contribution >= 0.6 is 23.4 Å². The fraction of sp³-hybridized carbons (Fsp3) is 0.333. The van der Waals surface area contributed by atoms with Gasteiger partial charge in [-0.15, -0.1) is 11.8 Å². The van der Waals surface area contributed by atoms with E-state index in [4.69, 9.17) is 11.6 Å². The summed E-state index contributed by atoms with van der Waals surface area (Å²) in [6, 6.07) is 6.29. The van der Waals surface area contributed by atoms with E-state index in [2.05, 4.69) is 9.97 Å². The Hall–Kier alpha value is -2.06. The maximum Gasteiger partial charge on any atom is 0.269 e. The van der Waals surface area contributed by atoms with E-state index in [0.717, 1.165) is 18.7 Å². The number of non-ortho nitro benzene ring substituents is 1. The lowest BCUT2D eigenvalue weighted by Gasteiger charge is -2.22. The number of rotatable bonds is 5. The van der Waals surface area contributed by atoms with E-state index in [1.54, 1.807) is 12.1 Å². The van der Waals surface area contributed by atoms with Crippen LogP contribution in [0.15, 0.2) is 24.3 Å². The number of carbonyl (C=O) groups is 1. The average molecular weight is 367 g/mol. The van der Waals surface area contributed by atoms with Crippen molar-refractivity contribution in [3.8, 4) is 0 Å². The molecule has 7 nitrogen and oxygen atoms in total. The lowest BCUT2D eigenvalue weighted by Crippen LogP contribution is -2.28. The Kier molecular flexibility index (Phi) is 4.77. The van der Waals surface area contributed by atoms with Crippen LogP contribution in [0, 0.1) is 10.1 Å². The van der Waals surface area contributed by atoms with Crippen LogP contribution in [0.1, 0.15) is 30.1 Å². The molecule has 2 heterocycles. The van der Waals surface area contributed by atoms with E-state index >= 15 is 0 Å². The third-order valence-electron chi connectivity index (χ3n) is 3.64. The second-order valence-electron chi connectivity index (χ2n) is 5.35. The predicted molar refractivity (Wildman–Crippen MR) is 93.4 cm³/mol. The highest BCUT2D eigenvalue weighted by Crippen LogP contribution is 2.43. The molecular weight excluding hydrogens is 352 g/mol. The molecule has 0 bridgehead atoms. The van der Waals surface area contributed by atoms with Gasteiger partial charge in [0.25, 0.3) is 5.69 Å². The Morgan fingerprint density at radius 1 is 1.54 bits per heavy atom. The van der Waals surface area contributed by atoms with Gasteiger partial charge in [-0.25, -0.2) is 4.98 Å². The second-order valence-corrected chi connectivity index (χ2v) is 6.80. The third-order valence-corrected chi connectivity index (χ3v) is 5.12. The van der Waals surface area contributed by atoms with Crippen molar-refractivity contribution >= 4 is 40.8 Å². The molecule has 0 spiro atoms. The molecule has 126 valence electrons. The number of amides is 1. The summed E-state index contributed by atoms with van der Waals surface area (Å²) in [5.41, 5.74) is 0.670. The first-order valence-electron chi connectivity index (χ1n) is 7.43. The Bertz CT molecular complexity index is 795. The molecule has 1 aromatic heterocycles. The van der Waals surface area contributed by atoms with Crippen molar-refractivity contribution in [2.45, 2.75) is 25.1 Å². The lowest BCUT2D eigenvalue weighted by molar-refractivity contribution is -0.384. The minimum Gasteiger partial charge on any atom is -0.331 e. The van der Waals surface area contributed by atoms with Gasteiger partial charge in [0.2, 0.25) is 5.91 Å². The number of nitro benzene ring substituents is 1. The zero-order chi connectivity index (χ0) is 17.3. The number of H-pyrrole nitrogens is 1. The molecule has 0 radical (unpaired) electrons. The molecule has 1 amide bonds. The quantitative estimate of drug-likeness (QED) is 0.643. The van der Waals surface area contributed by atoms with Crippen LogP contribution in [-0.2, 0) is 11.2 Å². The van der Waals surface area contributed by atoms with Gasteiger partial charge in [0.15, 0.2) is 11.0 Å². The molecule has 1 fully saturated rings. The van der Waals surface area contributed by atoms with Crippen molar-refractivity contribution in [2.24, 2.45) is 0 Å². The van der Waals surface area contributed by atoms with E-state index < -0.39 is 4.92 Å². The van der Waals surface area contributed by atoms with E-state index in [0.29, 0.717) is 16.5 Å². The maximum absolute atomic E-state index is 12.4.